The fourth-order valence-corrected chi connectivity index (χ4v) is 3.17. The third-order valence-corrected chi connectivity index (χ3v) is 4.49. The predicted molar refractivity (Wildman–Crippen MR) is 72.6 cm³/mol. The molecule has 1 atom stereocenters. The van der Waals surface area contributed by atoms with Crippen LogP contribution in [0.2, 0.25) is 0 Å². The van der Waals surface area contributed by atoms with Crippen LogP contribution in [0, 0.1) is 0 Å². The molecule has 1 unspecified atom stereocenters. The molecule has 1 aromatic rings. The molecule has 1 spiro atoms. The van der Waals surface area contributed by atoms with Crippen molar-refractivity contribution in [1.82, 2.24) is 4.98 Å². The summed E-state index contributed by atoms with van der Waals surface area (Å²) < 4.78 is 5.98. The number of nitrogens with zero attached hydrogens (tertiary/aromatic N) is 2. The van der Waals surface area contributed by atoms with Gasteiger partial charge in [0, 0.05) is 25.9 Å². The van der Waals surface area contributed by atoms with Gasteiger partial charge < -0.3 is 15.4 Å². The first kappa shape index (κ1) is 11.8. The van der Waals surface area contributed by atoms with Gasteiger partial charge in [-0.2, -0.15) is 0 Å². The molecular formula is C14H21N3O. The van der Waals surface area contributed by atoms with Crippen molar-refractivity contribution >= 4 is 11.4 Å². The lowest BCUT2D eigenvalue weighted by molar-refractivity contribution is -0.132. The first-order valence-corrected chi connectivity index (χ1v) is 6.76. The van der Waals surface area contributed by atoms with Crippen LogP contribution in [0.3, 0.4) is 0 Å². The Bertz CT molecular complexity index is 431. The summed E-state index contributed by atoms with van der Waals surface area (Å²) in [5.74, 6) is 0. The Morgan fingerprint density at radius 2 is 2.33 bits per heavy atom. The summed E-state index contributed by atoms with van der Waals surface area (Å²) in [6.45, 7) is 0.875. The van der Waals surface area contributed by atoms with Crippen LogP contribution >= 0.6 is 0 Å². The Balaban J connectivity index is 1.76. The average Bonchev–Trinajstić information content (AvgIpc) is 2.37. The third kappa shape index (κ3) is 1.94. The zero-order valence-electron chi connectivity index (χ0n) is 10.9. The first-order chi connectivity index (χ1) is 8.70. The van der Waals surface area contributed by atoms with Gasteiger partial charge in [-0.1, -0.05) is 0 Å². The van der Waals surface area contributed by atoms with Gasteiger partial charge in [-0.05, 0) is 38.2 Å². The maximum atomic E-state index is 6.01. The molecular weight excluding hydrogens is 226 g/mol. The number of nitrogen functional groups attached to an aromatic ring is 1. The van der Waals surface area contributed by atoms with Crippen molar-refractivity contribution in [3.05, 3.63) is 18.5 Å². The van der Waals surface area contributed by atoms with Gasteiger partial charge in [0.15, 0.2) is 0 Å². The molecule has 2 fully saturated rings. The van der Waals surface area contributed by atoms with Crippen LogP contribution in [-0.2, 0) is 4.74 Å². The largest absolute Gasteiger partial charge is 0.396 e. The summed E-state index contributed by atoms with van der Waals surface area (Å²) in [4.78, 5) is 6.36. The van der Waals surface area contributed by atoms with Crippen LogP contribution in [0.15, 0.2) is 18.5 Å². The van der Waals surface area contributed by atoms with Gasteiger partial charge in [0.25, 0.3) is 0 Å². The lowest BCUT2D eigenvalue weighted by Crippen LogP contribution is -2.51. The summed E-state index contributed by atoms with van der Waals surface area (Å²) in [5, 5.41) is 0. The monoisotopic (exact) mass is 247 g/mol. The van der Waals surface area contributed by atoms with Crippen LogP contribution in [0.1, 0.15) is 32.1 Å². The molecule has 18 heavy (non-hydrogen) atoms. The molecule has 0 radical (unpaired) electrons. The van der Waals surface area contributed by atoms with E-state index in [1.165, 1.54) is 19.3 Å². The molecule has 2 aliphatic rings. The number of rotatable bonds is 2. The summed E-state index contributed by atoms with van der Waals surface area (Å²) in [7, 11) is 2.13. The third-order valence-electron chi connectivity index (χ3n) is 4.49. The summed E-state index contributed by atoms with van der Waals surface area (Å²) in [5.41, 5.74) is 8.03. The molecule has 4 nitrogen and oxygen atoms in total. The Kier molecular flexibility index (Phi) is 2.90. The highest BCUT2D eigenvalue weighted by atomic mass is 16.5. The van der Waals surface area contributed by atoms with E-state index in [1.54, 1.807) is 12.4 Å². The van der Waals surface area contributed by atoms with Crippen molar-refractivity contribution < 1.29 is 4.74 Å². The molecule has 1 saturated carbocycles. The SMILES string of the molecule is CN(c1ccncc1N)C1CCOC2(CCC2)C1. The van der Waals surface area contributed by atoms with Gasteiger partial charge in [-0.3, -0.25) is 4.98 Å². The highest BCUT2D eigenvalue weighted by Crippen LogP contribution is 2.44. The fourth-order valence-electron chi connectivity index (χ4n) is 3.17. The first-order valence-electron chi connectivity index (χ1n) is 6.76. The molecule has 0 amide bonds. The second-order valence-corrected chi connectivity index (χ2v) is 5.58. The smallest absolute Gasteiger partial charge is 0.0738 e. The molecule has 0 aromatic carbocycles. The predicted octanol–water partition coefficient (Wildman–Crippen LogP) is 2.20. The van der Waals surface area contributed by atoms with E-state index in [1.807, 2.05) is 6.07 Å². The van der Waals surface area contributed by atoms with E-state index in [-0.39, 0.29) is 5.60 Å². The summed E-state index contributed by atoms with van der Waals surface area (Å²) >= 11 is 0. The van der Waals surface area contributed by atoms with Crippen molar-refractivity contribution in [3.63, 3.8) is 0 Å². The van der Waals surface area contributed by atoms with E-state index in [0.29, 0.717) is 6.04 Å². The van der Waals surface area contributed by atoms with Crippen molar-refractivity contribution in [2.45, 2.75) is 43.7 Å². The molecule has 1 aliphatic heterocycles. The lowest BCUT2D eigenvalue weighted by atomic mass is 9.73. The van der Waals surface area contributed by atoms with Crippen LogP contribution in [0.5, 0.6) is 0 Å². The zero-order valence-corrected chi connectivity index (χ0v) is 10.9. The Morgan fingerprint density at radius 3 is 3.00 bits per heavy atom. The molecule has 2 heterocycles. The van der Waals surface area contributed by atoms with Crippen molar-refractivity contribution in [2.75, 3.05) is 24.3 Å². The zero-order chi connectivity index (χ0) is 12.6. The van der Waals surface area contributed by atoms with Crippen molar-refractivity contribution in [3.8, 4) is 0 Å². The number of aromatic nitrogens is 1. The minimum absolute atomic E-state index is 0.180. The number of ether oxygens (including phenoxy) is 1. The minimum Gasteiger partial charge on any atom is -0.396 e. The van der Waals surface area contributed by atoms with Crippen LogP contribution in [0.4, 0.5) is 11.4 Å². The molecule has 4 heteroatoms. The molecule has 3 rings (SSSR count). The number of nitrogens with two attached hydrogens (primary N) is 1. The van der Waals surface area contributed by atoms with Gasteiger partial charge in [-0.15, -0.1) is 0 Å². The standard InChI is InChI=1S/C14H21N3O/c1-17(13-3-7-16-10-12(13)15)11-4-8-18-14(9-11)5-2-6-14/h3,7,10-11H,2,4-6,8-9,15H2,1H3. The molecule has 1 saturated heterocycles. The van der Waals surface area contributed by atoms with Crippen LogP contribution < -0.4 is 10.6 Å². The number of pyridine rings is 1. The van der Waals surface area contributed by atoms with E-state index in [0.717, 1.165) is 30.8 Å². The fraction of sp³-hybridized carbons (Fsp3) is 0.643. The molecule has 98 valence electrons. The van der Waals surface area contributed by atoms with E-state index >= 15 is 0 Å². The van der Waals surface area contributed by atoms with Gasteiger partial charge in [0.1, 0.15) is 0 Å². The minimum atomic E-state index is 0.180. The quantitative estimate of drug-likeness (QED) is 0.870. The van der Waals surface area contributed by atoms with Gasteiger partial charge in [0.05, 0.1) is 23.2 Å². The summed E-state index contributed by atoms with van der Waals surface area (Å²) in [6, 6.07) is 2.53. The van der Waals surface area contributed by atoms with E-state index in [9.17, 15) is 0 Å². The number of hydrogen-bond donors (Lipinski definition) is 1. The highest BCUT2D eigenvalue weighted by Gasteiger charge is 2.43. The van der Waals surface area contributed by atoms with Crippen LogP contribution in [0.25, 0.3) is 0 Å². The van der Waals surface area contributed by atoms with E-state index < -0.39 is 0 Å². The van der Waals surface area contributed by atoms with Gasteiger partial charge in [-0.25, -0.2) is 0 Å². The average molecular weight is 247 g/mol. The summed E-state index contributed by atoms with van der Waals surface area (Å²) in [6.07, 6.45) is 9.51. The van der Waals surface area contributed by atoms with Crippen molar-refractivity contribution in [2.24, 2.45) is 0 Å². The normalized spacial score (nSPS) is 25.7. The Morgan fingerprint density at radius 1 is 1.50 bits per heavy atom. The maximum Gasteiger partial charge on any atom is 0.0738 e. The topological polar surface area (TPSA) is 51.4 Å². The maximum absolute atomic E-state index is 6.01. The van der Waals surface area contributed by atoms with E-state index in [2.05, 4.69) is 16.9 Å². The second kappa shape index (κ2) is 4.43. The molecule has 1 aromatic heterocycles. The Hall–Kier alpha value is -1.29. The van der Waals surface area contributed by atoms with Gasteiger partial charge >= 0.3 is 0 Å². The van der Waals surface area contributed by atoms with Crippen LogP contribution in [-0.4, -0.2) is 30.3 Å². The Labute approximate surface area is 108 Å². The molecule has 0 bridgehead atoms. The lowest BCUT2D eigenvalue weighted by Gasteiger charge is -2.49. The molecule has 1 aliphatic carbocycles. The number of hydrogen-bond acceptors (Lipinski definition) is 4. The van der Waals surface area contributed by atoms with Gasteiger partial charge in [0.2, 0.25) is 0 Å². The second-order valence-electron chi connectivity index (χ2n) is 5.58. The molecule has 2 N–H and O–H groups in total. The van der Waals surface area contributed by atoms with Crippen molar-refractivity contribution in [1.29, 1.82) is 0 Å². The van der Waals surface area contributed by atoms with E-state index in [4.69, 9.17) is 10.5 Å². The number of anilines is 2. The highest BCUT2D eigenvalue weighted by molar-refractivity contribution is 5.66.